The second kappa shape index (κ2) is 6.54. The molecule has 0 spiro atoms. The van der Waals surface area contributed by atoms with Gasteiger partial charge in [-0.1, -0.05) is 0 Å². The number of piperidine rings is 1. The number of benzene rings is 1. The van der Waals surface area contributed by atoms with Gasteiger partial charge >= 0.3 is 6.09 Å². The van der Waals surface area contributed by atoms with Gasteiger partial charge in [-0.15, -0.1) is 0 Å². The summed E-state index contributed by atoms with van der Waals surface area (Å²) in [6.07, 6.45) is 3.21. The molecular formula is C18H24N2O5. The zero-order valence-corrected chi connectivity index (χ0v) is 14.8. The van der Waals surface area contributed by atoms with E-state index in [2.05, 4.69) is 0 Å². The molecule has 2 bridgehead atoms. The molecule has 1 aromatic rings. The molecule has 1 aromatic carbocycles. The van der Waals surface area contributed by atoms with Gasteiger partial charge in [0.1, 0.15) is 17.5 Å². The fourth-order valence-electron chi connectivity index (χ4n) is 3.67. The summed E-state index contributed by atoms with van der Waals surface area (Å²) in [5.41, 5.74) is -0.449. The lowest BCUT2D eigenvalue weighted by Crippen LogP contribution is -2.50. The second-order valence-electron chi connectivity index (χ2n) is 7.73. The van der Waals surface area contributed by atoms with E-state index in [0.717, 1.165) is 25.7 Å². The summed E-state index contributed by atoms with van der Waals surface area (Å²) in [5, 5.41) is 10.7. The highest BCUT2D eigenvalue weighted by molar-refractivity contribution is 5.69. The first-order chi connectivity index (χ1) is 11.7. The summed E-state index contributed by atoms with van der Waals surface area (Å²) < 4.78 is 11.5. The van der Waals surface area contributed by atoms with Crippen molar-refractivity contribution < 1.29 is 19.2 Å². The summed E-state index contributed by atoms with van der Waals surface area (Å²) in [7, 11) is 0. The van der Waals surface area contributed by atoms with Gasteiger partial charge in [0.05, 0.1) is 4.92 Å². The van der Waals surface area contributed by atoms with Crippen LogP contribution in [-0.4, -0.2) is 39.7 Å². The van der Waals surface area contributed by atoms with Gasteiger partial charge in [-0.3, -0.25) is 10.1 Å². The molecule has 2 aliphatic rings. The van der Waals surface area contributed by atoms with E-state index in [1.807, 2.05) is 25.7 Å². The van der Waals surface area contributed by atoms with Crippen LogP contribution in [0, 0.1) is 10.1 Å². The van der Waals surface area contributed by atoms with Crippen LogP contribution in [0.5, 0.6) is 5.75 Å². The van der Waals surface area contributed by atoms with Gasteiger partial charge in [0.2, 0.25) is 0 Å². The largest absolute Gasteiger partial charge is 0.490 e. The maximum absolute atomic E-state index is 12.4. The minimum atomic E-state index is -0.497. The average Bonchev–Trinajstić information content (AvgIpc) is 2.78. The van der Waals surface area contributed by atoms with Gasteiger partial charge in [-0.2, -0.15) is 0 Å². The molecule has 0 aromatic heterocycles. The van der Waals surface area contributed by atoms with E-state index in [4.69, 9.17) is 9.47 Å². The van der Waals surface area contributed by atoms with Crippen LogP contribution in [-0.2, 0) is 4.74 Å². The molecule has 2 aliphatic heterocycles. The van der Waals surface area contributed by atoms with Crippen LogP contribution in [0.1, 0.15) is 46.5 Å². The Morgan fingerprint density at radius 2 is 1.72 bits per heavy atom. The molecule has 0 N–H and O–H groups in total. The molecule has 2 unspecified atom stereocenters. The third kappa shape index (κ3) is 4.03. The van der Waals surface area contributed by atoms with Crippen molar-refractivity contribution >= 4 is 11.8 Å². The Balaban J connectivity index is 1.62. The molecule has 136 valence electrons. The highest BCUT2D eigenvalue weighted by atomic mass is 16.6. The second-order valence-corrected chi connectivity index (χ2v) is 7.73. The number of amides is 1. The lowest BCUT2D eigenvalue weighted by atomic mass is 10.00. The van der Waals surface area contributed by atoms with E-state index in [-0.39, 0.29) is 30.0 Å². The lowest BCUT2D eigenvalue weighted by molar-refractivity contribution is -0.384. The molecule has 2 fully saturated rings. The minimum Gasteiger partial charge on any atom is -0.490 e. The molecule has 0 saturated carbocycles. The topological polar surface area (TPSA) is 81.9 Å². The smallest absolute Gasteiger partial charge is 0.410 e. The number of rotatable bonds is 3. The van der Waals surface area contributed by atoms with Crippen molar-refractivity contribution in [1.82, 2.24) is 4.90 Å². The number of non-ortho nitro benzene ring substituents is 1. The lowest BCUT2D eigenvalue weighted by Gasteiger charge is -2.39. The zero-order chi connectivity index (χ0) is 18.2. The average molecular weight is 348 g/mol. The monoisotopic (exact) mass is 348 g/mol. The Hall–Kier alpha value is -2.31. The van der Waals surface area contributed by atoms with Crippen LogP contribution in [0.2, 0.25) is 0 Å². The van der Waals surface area contributed by atoms with Crippen molar-refractivity contribution in [3.05, 3.63) is 34.4 Å². The van der Waals surface area contributed by atoms with Crippen LogP contribution < -0.4 is 4.74 Å². The summed E-state index contributed by atoms with van der Waals surface area (Å²) in [4.78, 5) is 24.6. The Morgan fingerprint density at radius 1 is 1.16 bits per heavy atom. The van der Waals surface area contributed by atoms with Crippen LogP contribution in [0.3, 0.4) is 0 Å². The summed E-state index contributed by atoms with van der Waals surface area (Å²) in [6, 6.07) is 6.41. The third-order valence-electron chi connectivity index (χ3n) is 4.64. The van der Waals surface area contributed by atoms with Gasteiger partial charge < -0.3 is 14.4 Å². The van der Waals surface area contributed by atoms with Gasteiger partial charge in [0, 0.05) is 37.1 Å². The number of nitro groups is 1. The van der Waals surface area contributed by atoms with E-state index in [1.165, 1.54) is 12.1 Å². The number of nitrogens with zero attached hydrogens (tertiary/aromatic N) is 2. The van der Waals surface area contributed by atoms with Gasteiger partial charge in [0.15, 0.2) is 0 Å². The number of nitro benzene ring substituents is 1. The van der Waals surface area contributed by atoms with Crippen LogP contribution in [0.4, 0.5) is 10.5 Å². The quantitative estimate of drug-likeness (QED) is 0.611. The molecule has 7 heteroatoms. The van der Waals surface area contributed by atoms with Crippen molar-refractivity contribution in [2.45, 2.75) is 70.2 Å². The van der Waals surface area contributed by atoms with Gasteiger partial charge in [0.25, 0.3) is 5.69 Å². The number of fused-ring (bicyclic) bond motifs is 2. The van der Waals surface area contributed by atoms with E-state index >= 15 is 0 Å². The maximum atomic E-state index is 12.4. The molecule has 0 radical (unpaired) electrons. The first-order valence-electron chi connectivity index (χ1n) is 8.65. The summed E-state index contributed by atoms with van der Waals surface area (Å²) in [5.74, 6) is 0.626. The molecule has 25 heavy (non-hydrogen) atoms. The maximum Gasteiger partial charge on any atom is 0.410 e. The first-order valence-corrected chi connectivity index (χ1v) is 8.65. The van der Waals surface area contributed by atoms with E-state index < -0.39 is 10.5 Å². The van der Waals surface area contributed by atoms with Gasteiger partial charge in [-0.05, 0) is 45.7 Å². The minimum absolute atomic E-state index is 0.0117. The third-order valence-corrected chi connectivity index (χ3v) is 4.64. The van der Waals surface area contributed by atoms with Gasteiger partial charge in [-0.25, -0.2) is 4.79 Å². The summed E-state index contributed by atoms with van der Waals surface area (Å²) >= 11 is 0. The molecule has 3 rings (SSSR count). The fraction of sp³-hybridized carbons (Fsp3) is 0.611. The fourth-order valence-corrected chi connectivity index (χ4v) is 3.67. The van der Waals surface area contributed by atoms with Crippen LogP contribution >= 0.6 is 0 Å². The standard InChI is InChI=1S/C18H24N2O5/c1-18(2,3)25-17(21)19-13-4-5-14(19)11-16(10-13)24-15-8-6-12(7-9-15)20(22)23/h6-9,13-14,16H,4-5,10-11H2,1-3H3. The van der Waals surface area contributed by atoms with E-state index in [1.54, 1.807) is 12.1 Å². The number of hydrogen-bond acceptors (Lipinski definition) is 5. The van der Waals surface area contributed by atoms with Crippen molar-refractivity contribution in [3.8, 4) is 5.75 Å². The Kier molecular flexibility index (Phi) is 4.58. The molecule has 2 heterocycles. The Labute approximate surface area is 147 Å². The van der Waals surface area contributed by atoms with Crippen molar-refractivity contribution in [2.24, 2.45) is 0 Å². The predicted molar refractivity (Wildman–Crippen MR) is 91.6 cm³/mol. The zero-order valence-electron chi connectivity index (χ0n) is 14.8. The first kappa shape index (κ1) is 17.5. The molecule has 7 nitrogen and oxygen atoms in total. The molecular weight excluding hydrogens is 324 g/mol. The molecule has 0 aliphatic carbocycles. The normalized spacial score (nSPS) is 25.6. The number of hydrogen-bond donors (Lipinski definition) is 0. The number of carbonyl (C=O) groups excluding carboxylic acids is 1. The highest BCUT2D eigenvalue weighted by Crippen LogP contribution is 2.38. The SMILES string of the molecule is CC(C)(C)OC(=O)N1C2CCC1CC(Oc1ccc([N+](=O)[O-])cc1)C2. The molecule has 1 amide bonds. The highest BCUT2D eigenvalue weighted by Gasteiger charge is 2.45. The van der Waals surface area contributed by atoms with Crippen molar-refractivity contribution in [1.29, 1.82) is 0 Å². The Morgan fingerprint density at radius 3 is 2.20 bits per heavy atom. The van der Waals surface area contributed by atoms with Crippen molar-refractivity contribution in [3.63, 3.8) is 0 Å². The van der Waals surface area contributed by atoms with Crippen LogP contribution in [0.15, 0.2) is 24.3 Å². The molecule has 2 saturated heterocycles. The Bertz CT molecular complexity index is 638. The summed E-state index contributed by atoms with van der Waals surface area (Å²) in [6.45, 7) is 5.62. The van der Waals surface area contributed by atoms with E-state index in [0.29, 0.717) is 5.75 Å². The number of carbonyl (C=O) groups is 1. The van der Waals surface area contributed by atoms with Crippen LogP contribution in [0.25, 0.3) is 0 Å². The molecule has 2 atom stereocenters. The van der Waals surface area contributed by atoms with E-state index in [9.17, 15) is 14.9 Å². The number of ether oxygens (including phenoxy) is 2. The van der Waals surface area contributed by atoms with Crippen molar-refractivity contribution in [2.75, 3.05) is 0 Å². The predicted octanol–water partition coefficient (Wildman–Crippen LogP) is 3.90.